The molecule has 5 nitrogen and oxygen atoms in total. The van der Waals surface area contributed by atoms with Crippen molar-refractivity contribution in [3.63, 3.8) is 0 Å². The highest BCUT2D eigenvalue weighted by molar-refractivity contribution is 5.95. The zero-order valence-corrected chi connectivity index (χ0v) is 11.8. The summed E-state index contributed by atoms with van der Waals surface area (Å²) in [5.74, 6) is -0.0935. The van der Waals surface area contributed by atoms with Crippen LogP contribution in [0.1, 0.15) is 19.4 Å². The molecule has 0 aliphatic carbocycles. The molecule has 1 amide bonds. The van der Waals surface area contributed by atoms with Crippen LogP contribution < -0.4 is 11.1 Å². The number of anilines is 2. The van der Waals surface area contributed by atoms with Gasteiger partial charge in [-0.25, -0.2) is 0 Å². The smallest absolute Gasteiger partial charge is 0.241 e. The lowest BCUT2D eigenvalue weighted by Gasteiger charge is -2.26. The molecule has 0 aliphatic heterocycles. The Morgan fingerprint density at radius 1 is 1.53 bits per heavy atom. The van der Waals surface area contributed by atoms with Gasteiger partial charge < -0.3 is 16.2 Å². The Kier molecular flexibility index (Phi) is 5.79. The van der Waals surface area contributed by atoms with Crippen LogP contribution in [0, 0.1) is 6.92 Å². The van der Waals surface area contributed by atoms with Crippen LogP contribution in [-0.2, 0) is 4.79 Å². The normalized spacial score (nSPS) is 12.5. The molecule has 106 valence electrons. The van der Waals surface area contributed by atoms with Crippen molar-refractivity contribution in [3.05, 3.63) is 23.8 Å². The van der Waals surface area contributed by atoms with Crippen molar-refractivity contribution in [3.8, 4) is 0 Å². The summed E-state index contributed by atoms with van der Waals surface area (Å²) in [6, 6.07) is 5.16. The quantitative estimate of drug-likeness (QED) is 0.676. The first-order valence-corrected chi connectivity index (χ1v) is 6.52. The largest absolute Gasteiger partial charge is 0.398 e. The van der Waals surface area contributed by atoms with Crippen LogP contribution in [0.2, 0.25) is 0 Å². The molecule has 19 heavy (non-hydrogen) atoms. The molecule has 5 heteroatoms. The molecule has 0 bridgehead atoms. The summed E-state index contributed by atoms with van der Waals surface area (Å²) in [7, 11) is 0. The molecule has 1 unspecified atom stereocenters. The van der Waals surface area contributed by atoms with Crippen molar-refractivity contribution >= 4 is 17.3 Å². The first-order valence-electron chi connectivity index (χ1n) is 6.52. The second-order valence-corrected chi connectivity index (χ2v) is 4.54. The zero-order chi connectivity index (χ0) is 14.4. The SMILES string of the molecule is CCN(CCO)C(C)C(=O)Nc1cccc(N)c1C. The van der Waals surface area contributed by atoms with Crippen LogP contribution in [0.25, 0.3) is 0 Å². The number of rotatable bonds is 6. The first kappa shape index (κ1) is 15.5. The highest BCUT2D eigenvalue weighted by atomic mass is 16.3. The fraction of sp³-hybridized carbons (Fsp3) is 0.500. The Balaban J connectivity index is 2.76. The summed E-state index contributed by atoms with van der Waals surface area (Å²) in [5.41, 5.74) is 8.07. The van der Waals surface area contributed by atoms with E-state index in [-0.39, 0.29) is 18.6 Å². The molecule has 0 heterocycles. The van der Waals surface area contributed by atoms with Crippen LogP contribution in [0.15, 0.2) is 18.2 Å². The molecule has 0 aromatic heterocycles. The molecule has 4 N–H and O–H groups in total. The average Bonchev–Trinajstić information content (AvgIpc) is 2.40. The zero-order valence-electron chi connectivity index (χ0n) is 11.8. The van der Waals surface area contributed by atoms with Gasteiger partial charge in [0.05, 0.1) is 12.6 Å². The lowest BCUT2D eigenvalue weighted by atomic mass is 10.1. The maximum absolute atomic E-state index is 12.2. The molecule has 1 aromatic carbocycles. The number of carbonyl (C=O) groups is 1. The van der Waals surface area contributed by atoms with Crippen LogP contribution in [0.4, 0.5) is 11.4 Å². The van der Waals surface area contributed by atoms with Crippen molar-refractivity contribution in [2.75, 3.05) is 30.7 Å². The Labute approximate surface area is 114 Å². The van der Waals surface area contributed by atoms with Gasteiger partial charge in [-0.2, -0.15) is 0 Å². The Hall–Kier alpha value is -1.59. The molecular formula is C14H23N3O2. The minimum Gasteiger partial charge on any atom is -0.398 e. The number of carbonyl (C=O) groups excluding carboxylic acids is 1. The van der Waals surface area contributed by atoms with Crippen LogP contribution >= 0.6 is 0 Å². The summed E-state index contributed by atoms with van der Waals surface area (Å²) in [4.78, 5) is 14.1. The van der Waals surface area contributed by atoms with E-state index in [2.05, 4.69) is 5.32 Å². The van der Waals surface area contributed by atoms with Gasteiger partial charge in [0.2, 0.25) is 5.91 Å². The maximum atomic E-state index is 12.2. The Bertz CT molecular complexity index is 435. The predicted molar refractivity (Wildman–Crippen MR) is 78.0 cm³/mol. The third-order valence-corrected chi connectivity index (χ3v) is 3.35. The third-order valence-electron chi connectivity index (χ3n) is 3.35. The number of nitrogens with two attached hydrogens (primary N) is 1. The summed E-state index contributed by atoms with van der Waals surface area (Å²) in [6.45, 7) is 6.91. The number of amides is 1. The Morgan fingerprint density at radius 3 is 2.79 bits per heavy atom. The molecule has 0 aliphatic rings. The molecule has 1 atom stereocenters. The molecule has 0 saturated heterocycles. The van der Waals surface area contributed by atoms with E-state index < -0.39 is 0 Å². The maximum Gasteiger partial charge on any atom is 0.241 e. The van der Waals surface area contributed by atoms with E-state index in [0.29, 0.717) is 18.8 Å². The number of nitrogens with zero attached hydrogens (tertiary/aromatic N) is 1. The minimum atomic E-state index is -0.294. The number of likely N-dealkylation sites (N-methyl/N-ethyl adjacent to an activating group) is 1. The van der Waals surface area contributed by atoms with Crippen molar-refractivity contribution in [2.24, 2.45) is 0 Å². The first-order chi connectivity index (χ1) is 9.01. The number of nitrogens with one attached hydrogen (secondary N) is 1. The molecule has 1 rings (SSSR count). The second-order valence-electron chi connectivity index (χ2n) is 4.54. The van der Waals surface area contributed by atoms with Crippen molar-refractivity contribution < 1.29 is 9.90 Å². The minimum absolute atomic E-state index is 0.0444. The van der Waals surface area contributed by atoms with E-state index in [1.54, 1.807) is 6.07 Å². The third kappa shape index (κ3) is 3.94. The number of aliphatic hydroxyl groups is 1. The lowest BCUT2D eigenvalue weighted by Crippen LogP contribution is -2.43. The molecule has 0 spiro atoms. The topological polar surface area (TPSA) is 78.6 Å². The predicted octanol–water partition coefficient (Wildman–Crippen LogP) is 1.22. The molecular weight excluding hydrogens is 242 g/mol. The molecule has 0 radical (unpaired) electrons. The van der Waals surface area contributed by atoms with Crippen LogP contribution in [-0.4, -0.2) is 41.7 Å². The van der Waals surface area contributed by atoms with Gasteiger partial charge in [-0.1, -0.05) is 13.0 Å². The standard InChI is InChI=1S/C14H23N3O2/c1-4-17(8-9-18)11(3)14(19)16-13-7-5-6-12(15)10(13)2/h5-7,11,18H,4,8-9,15H2,1-3H3,(H,16,19). The Morgan fingerprint density at radius 2 is 2.21 bits per heavy atom. The van der Waals surface area contributed by atoms with E-state index in [9.17, 15) is 4.79 Å². The average molecular weight is 265 g/mol. The van der Waals surface area contributed by atoms with Gasteiger partial charge >= 0.3 is 0 Å². The number of aliphatic hydroxyl groups excluding tert-OH is 1. The lowest BCUT2D eigenvalue weighted by molar-refractivity contribution is -0.120. The van der Waals surface area contributed by atoms with Crippen LogP contribution in [0.3, 0.4) is 0 Å². The fourth-order valence-electron chi connectivity index (χ4n) is 1.95. The van der Waals surface area contributed by atoms with E-state index >= 15 is 0 Å². The van der Waals surface area contributed by atoms with Crippen molar-refractivity contribution in [1.29, 1.82) is 0 Å². The van der Waals surface area contributed by atoms with Gasteiger partial charge in [0.25, 0.3) is 0 Å². The highest BCUT2D eigenvalue weighted by Crippen LogP contribution is 2.20. The summed E-state index contributed by atoms with van der Waals surface area (Å²) < 4.78 is 0. The van der Waals surface area contributed by atoms with E-state index in [1.807, 2.05) is 37.8 Å². The van der Waals surface area contributed by atoms with Gasteiger partial charge in [-0.15, -0.1) is 0 Å². The van der Waals surface area contributed by atoms with Gasteiger partial charge in [-0.3, -0.25) is 9.69 Å². The van der Waals surface area contributed by atoms with E-state index in [0.717, 1.165) is 11.3 Å². The van der Waals surface area contributed by atoms with Crippen molar-refractivity contribution in [1.82, 2.24) is 4.90 Å². The van der Waals surface area contributed by atoms with Gasteiger partial charge in [0.15, 0.2) is 0 Å². The van der Waals surface area contributed by atoms with Gasteiger partial charge in [0.1, 0.15) is 0 Å². The number of hydrogen-bond donors (Lipinski definition) is 3. The van der Waals surface area contributed by atoms with E-state index in [4.69, 9.17) is 10.8 Å². The summed E-state index contributed by atoms with van der Waals surface area (Å²) >= 11 is 0. The molecule has 0 fully saturated rings. The van der Waals surface area contributed by atoms with Crippen molar-refractivity contribution in [2.45, 2.75) is 26.8 Å². The number of hydrogen-bond acceptors (Lipinski definition) is 4. The molecule has 1 aromatic rings. The van der Waals surface area contributed by atoms with Gasteiger partial charge in [-0.05, 0) is 38.1 Å². The van der Waals surface area contributed by atoms with E-state index in [1.165, 1.54) is 0 Å². The van der Waals surface area contributed by atoms with Gasteiger partial charge in [0, 0.05) is 17.9 Å². The highest BCUT2D eigenvalue weighted by Gasteiger charge is 2.20. The summed E-state index contributed by atoms with van der Waals surface area (Å²) in [5, 5.41) is 11.9. The number of benzene rings is 1. The molecule has 0 saturated carbocycles. The second kappa shape index (κ2) is 7.11. The van der Waals surface area contributed by atoms with Crippen LogP contribution in [0.5, 0.6) is 0 Å². The fourth-order valence-corrected chi connectivity index (χ4v) is 1.95. The summed E-state index contributed by atoms with van der Waals surface area (Å²) in [6.07, 6.45) is 0. The number of nitrogen functional groups attached to an aromatic ring is 1. The monoisotopic (exact) mass is 265 g/mol.